The third kappa shape index (κ3) is 2.26. The number of nitrogens with zero attached hydrogens (tertiary/aromatic N) is 3. The van der Waals surface area contributed by atoms with Crippen LogP contribution in [0.3, 0.4) is 0 Å². The molecule has 0 amide bonds. The number of hydrogen-bond acceptors (Lipinski definition) is 4. The van der Waals surface area contributed by atoms with E-state index in [1.54, 1.807) is 6.20 Å². The van der Waals surface area contributed by atoms with Gasteiger partial charge >= 0.3 is 0 Å². The normalized spacial score (nSPS) is 19.9. The van der Waals surface area contributed by atoms with Gasteiger partial charge in [0.2, 0.25) is 0 Å². The fourth-order valence-corrected chi connectivity index (χ4v) is 2.69. The third-order valence-corrected chi connectivity index (χ3v) is 3.81. The number of aromatic nitrogens is 2. The fraction of sp³-hybridized carbons (Fsp3) is 0.429. The number of anilines is 1. The van der Waals surface area contributed by atoms with Crippen LogP contribution in [0.4, 0.5) is 5.82 Å². The minimum absolute atomic E-state index is 0.327. The molecule has 0 bridgehead atoms. The Morgan fingerprint density at radius 3 is 3.11 bits per heavy atom. The Morgan fingerprint density at radius 1 is 1.47 bits per heavy atom. The average Bonchev–Trinajstić information content (AvgIpc) is 2.40. The summed E-state index contributed by atoms with van der Waals surface area (Å²) in [6.45, 7) is 6.56. The molecule has 1 atom stereocenters. The lowest BCUT2D eigenvalue weighted by Crippen LogP contribution is -2.44. The number of rotatable bonds is 1. The van der Waals surface area contributed by atoms with Crippen LogP contribution in [0.1, 0.15) is 12.5 Å². The molecule has 4 nitrogen and oxygen atoms in total. The molecule has 0 N–H and O–H groups in total. The van der Waals surface area contributed by atoms with Crippen LogP contribution >= 0.6 is 11.6 Å². The Labute approximate surface area is 117 Å². The Bertz CT molecular complexity index is 617. The SMILES string of the molecule is Cc1cc(N2CCOC[C@@H]2C)nc2c(Cl)nccc12. The first-order chi connectivity index (χ1) is 9.16. The van der Waals surface area contributed by atoms with Crippen molar-refractivity contribution in [2.45, 2.75) is 19.9 Å². The fourth-order valence-electron chi connectivity index (χ4n) is 2.49. The van der Waals surface area contributed by atoms with Crippen molar-refractivity contribution in [3.8, 4) is 0 Å². The van der Waals surface area contributed by atoms with Gasteiger partial charge in [-0.1, -0.05) is 11.6 Å². The molecule has 0 aromatic carbocycles. The lowest BCUT2D eigenvalue weighted by atomic mass is 10.1. The van der Waals surface area contributed by atoms with Crippen LogP contribution < -0.4 is 4.90 Å². The van der Waals surface area contributed by atoms with Crippen LogP contribution in [-0.2, 0) is 4.74 Å². The van der Waals surface area contributed by atoms with Crippen molar-refractivity contribution in [3.63, 3.8) is 0 Å². The topological polar surface area (TPSA) is 38.2 Å². The van der Waals surface area contributed by atoms with Crippen LogP contribution in [0, 0.1) is 6.92 Å². The van der Waals surface area contributed by atoms with Crippen molar-refractivity contribution >= 4 is 28.3 Å². The van der Waals surface area contributed by atoms with Gasteiger partial charge in [-0.15, -0.1) is 0 Å². The van der Waals surface area contributed by atoms with Gasteiger partial charge in [0.05, 0.1) is 19.3 Å². The smallest absolute Gasteiger partial charge is 0.155 e. The quantitative estimate of drug-likeness (QED) is 0.752. The van der Waals surface area contributed by atoms with E-state index in [9.17, 15) is 0 Å². The summed E-state index contributed by atoms with van der Waals surface area (Å²) >= 11 is 6.16. The lowest BCUT2D eigenvalue weighted by molar-refractivity contribution is 0.0985. The van der Waals surface area contributed by atoms with Gasteiger partial charge in [0.15, 0.2) is 5.15 Å². The third-order valence-electron chi connectivity index (χ3n) is 3.54. The number of ether oxygens (including phenoxy) is 1. The van der Waals surface area contributed by atoms with Crippen molar-refractivity contribution in [2.24, 2.45) is 0 Å². The average molecular weight is 278 g/mol. The highest BCUT2D eigenvalue weighted by atomic mass is 35.5. The molecule has 0 spiro atoms. The highest BCUT2D eigenvalue weighted by Gasteiger charge is 2.21. The minimum Gasteiger partial charge on any atom is -0.377 e. The Kier molecular flexibility index (Phi) is 3.29. The van der Waals surface area contributed by atoms with E-state index in [0.717, 1.165) is 36.5 Å². The van der Waals surface area contributed by atoms with Gasteiger partial charge in [-0.3, -0.25) is 0 Å². The van der Waals surface area contributed by atoms with Crippen LogP contribution in [-0.4, -0.2) is 35.8 Å². The van der Waals surface area contributed by atoms with E-state index in [4.69, 9.17) is 16.3 Å². The number of aryl methyl sites for hydroxylation is 1. The maximum Gasteiger partial charge on any atom is 0.155 e. The summed E-state index contributed by atoms with van der Waals surface area (Å²) in [7, 11) is 0. The van der Waals surface area contributed by atoms with Crippen molar-refractivity contribution in [2.75, 3.05) is 24.7 Å². The van der Waals surface area contributed by atoms with E-state index >= 15 is 0 Å². The highest BCUT2D eigenvalue weighted by Crippen LogP contribution is 2.27. The van der Waals surface area contributed by atoms with E-state index in [1.807, 2.05) is 6.07 Å². The Hall–Kier alpha value is -1.39. The zero-order valence-electron chi connectivity index (χ0n) is 11.1. The number of morpholine rings is 1. The van der Waals surface area contributed by atoms with Crippen molar-refractivity contribution in [1.82, 2.24) is 9.97 Å². The second kappa shape index (κ2) is 4.94. The van der Waals surface area contributed by atoms with Gasteiger partial charge in [-0.05, 0) is 31.5 Å². The molecular formula is C14H16ClN3O. The highest BCUT2D eigenvalue weighted by molar-refractivity contribution is 6.33. The zero-order valence-corrected chi connectivity index (χ0v) is 11.8. The summed E-state index contributed by atoms with van der Waals surface area (Å²) in [5.74, 6) is 0.954. The first-order valence-electron chi connectivity index (χ1n) is 6.43. The second-order valence-corrected chi connectivity index (χ2v) is 5.27. The zero-order chi connectivity index (χ0) is 13.4. The lowest BCUT2D eigenvalue weighted by Gasteiger charge is -2.34. The summed E-state index contributed by atoms with van der Waals surface area (Å²) in [5, 5.41) is 1.52. The molecule has 100 valence electrons. The second-order valence-electron chi connectivity index (χ2n) is 4.91. The van der Waals surface area contributed by atoms with E-state index in [1.165, 1.54) is 5.56 Å². The number of pyridine rings is 2. The standard InChI is InChI=1S/C14H16ClN3O/c1-9-7-12(18-5-6-19-8-10(18)2)17-13-11(9)3-4-16-14(13)15/h3-4,7,10H,5-6,8H2,1-2H3/t10-/m0/s1. The molecule has 2 aromatic rings. The molecule has 0 saturated carbocycles. The van der Waals surface area contributed by atoms with Gasteiger partial charge in [0.1, 0.15) is 11.3 Å². The molecule has 2 aromatic heterocycles. The van der Waals surface area contributed by atoms with Crippen LogP contribution in [0.25, 0.3) is 10.9 Å². The Morgan fingerprint density at radius 2 is 2.32 bits per heavy atom. The predicted molar refractivity (Wildman–Crippen MR) is 76.9 cm³/mol. The molecule has 1 aliphatic rings. The van der Waals surface area contributed by atoms with E-state index in [-0.39, 0.29) is 0 Å². The monoisotopic (exact) mass is 277 g/mol. The molecule has 0 radical (unpaired) electrons. The minimum atomic E-state index is 0.327. The summed E-state index contributed by atoms with van der Waals surface area (Å²) in [5.41, 5.74) is 1.95. The molecule has 3 heterocycles. The summed E-state index contributed by atoms with van der Waals surface area (Å²) in [4.78, 5) is 11.1. The molecule has 1 saturated heterocycles. The van der Waals surface area contributed by atoms with Crippen LogP contribution in [0.5, 0.6) is 0 Å². The molecular weight excluding hydrogens is 262 g/mol. The molecule has 1 fully saturated rings. The van der Waals surface area contributed by atoms with Crippen molar-refractivity contribution in [1.29, 1.82) is 0 Å². The predicted octanol–water partition coefficient (Wildman–Crippen LogP) is 2.82. The van der Waals surface area contributed by atoms with Gasteiger partial charge in [0.25, 0.3) is 0 Å². The Balaban J connectivity index is 2.12. The molecule has 1 aliphatic heterocycles. The summed E-state index contributed by atoms with van der Waals surface area (Å²) < 4.78 is 5.47. The van der Waals surface area contributed by atoms with Crippen molar-refractivity contribution in [3.05, 3.63) is 29.0 Å². The van der Waals surface area contributed by atoms with E-state index in [0.29, 0.717) is 11.2 Å². The van der Waals surface area contributed by atoms with Crippen LogP contribution in [0.15, 0.2) is 18.3 Å². The van der Waals surface area contributed by atoms with Gasteiger partial charge < -0.3 is 9.64 Å². The van der Waals surface area contributed by atoms with Gasteiger partial charge in [0, 0.05) is 18.1 Å². The first-order valence-corrected chi connectivity index (χ1v) is 6.81. The van der Waals surface area contributed by atoms with Crippen molar-refractivity contribution < 1.29 is 4.74 Å². The molecule has 0 unspecified atom stereocenters. The molecule has 0 aliphatic carbocycles. The maximum absolute atomic E-state index is 6.16. The molecule has 19 heavy (non-hydrogen) atoms. The summed E-state index contributed by atoms with van der Waals surface area (Å²) in [6, 6.07) is 4.39. The summed E-state index contributed by atoms with van der Waals surface area (Å²) in [6.07, 6.45) is 1.72. The molecule has 3 rings (SSSR count). The van der Waals surface area contributed by atoms with Gasteiger partial charge in [-0.25, -0.2) is 9.97 Å². The van der Waals surface area contributed by atoms with E-state index < -0.39 is 0 Å². The maximum atomic E-state index is 6.16. The van der Waals surface area contributed by atoms with Gasteiger partial charge in [-0.2, -0.15) is 0 Å². The van der Waals surface area contributed by atoms with E-state index in [2.05, 4.69) is 34.8 Å². The molecule has 5 heteroatoms. The largest absolute Gasteiger partial charge is 0.377 e. The number of halogens is 1. The number of hydrogen-bond donors (Lipinski definition) is 0. The van der Waals surface area contributed by atoms with Crippen LogP contribution in [0.2, 0.25) is 5.15 Å². The first kappa shape index (κ1) is 12.6. The number of fused-ring (bicyclic) bond motifs is 1.